The molecule has 0 bridgehead atoms. The number of halogens is 1. The fourth-order valence-electron chi connectivity index (χ4n) is 1.56. The first-order valence-electron chi connectivity index (χ1n) is 6.06. The molecule has 20 heavy (non-hydrogen) atoms. The lowest BCUT2D eigenvalue weighted by Gasteiger charge is -2.03. The van der Waals surface area contributed by atoms with Crippen molar-refractivity contribution in [1.29, 1.82) is 0 Å². The summed E-state index contributed by atoms with van der Waals surface area (Å²) in [6.45, 7) is 0. The molecule has 1 N–H and O–H groups in total. The van der Waals surface area contributed by atoms with Crippen LogP contribution in [0.5, 0.6) is 5.75 Å². The number of ether oxygens (including phenoxy) is 1. The van der Waals surface area contributed by atoms with Gasteiger partial charge < -0.3 is 4.74 Å². The van der Waals surface area contributed by atoms with E-state index >= 15 is 0 Å². The summed E-state index contributed by atoms with van der Waals surface area (Å²) in [5, 5.41) is 12.0. The Balaban J connectivity index is 2.01. The van der Waals surface area contributed by atoms with Gasteiger partial charge in [-0.25, -0.2) is 0 Å². The minimum absolute atomic E-state index is 0.232. The first kappa shape index (κ1) is 14.7. The smallest absolute Gasteiger partial charge is 0.257 e. The van der Waals surface area contributed by atoms with Crippen molar-refractivity contribution >= 4 is 34.0 Å². The highest BCUT2D eigenvalue weighted by Gasteiger charge is 2.10. The summed E-state index contributed by atoms with van der Waals surface area (Å²) in [5.41, 5.74) is 0.516. The van der Waals surface area contributed by atoms with Gasteiger partial charge in [0.05, 0.1) is 7.11 Å². The molecule has 0 atom stereocenters. The number of rotatable bonds is 6. The molecule has 0 aliphatic heterocycles. The second kappa shape index (κ2) is 7.21. The molecule has 2 aromatic rings. The van der Waals surface area contributed by atoms with Crippen molar-refractivity contribution in [2.45, 2.75) is 12.8 Å². The van der Waals surface area contributed by atoms with Gasteiger partial charge in [0, 0.05) is 17.9 Å². The normalized spacial score (nSPS) is 10.3. The molecule has 0 unspecified atom stereocenters. The van der Waals surface area contributed by atoms with Crippen LogP contribution < -0.4 is 10.1 Å². The Hall–Kier alpha value is -1.66. The van der Waals surface area contributed by atoms with Gasteiger partial charge in [0.15, 0.2) is 0 Å². The van der Waals surface area contributed by atoms with Crippen LogP contribution in [0.15, 0.2) is 24.3 Å². The Morgan fingerprint density at radius 1 is 1.45 bits per heavy atom. The number of aryl methyl sites for hydroxylation is 1. The van der Waals surface area contributed by atoms with Crippen molar-refractivity contribution in [1.82, 2.24) is 10.2 Å². The number of alkyl halides is 1. The van der Waals surface area contributed by atoms with E-state index in [0.717, 1.165) is 17.8 Å². The van der Waals surface area contributed by atoms with E-state index in [1.807, 2.05) is 0 Å². The van der Waals surface area contributed by atoms with Gasteiger partial charge in [-0.15, -0.1) is 21.8 Å². The van der Waals surface area contributed by atoms with Crippen LogP contribution in [0, 0.1) is 0 Å². The zero-order valence-corrected chi connectivity index (χ0v) is 12.5. The molecule has 1 aromatic heterocycles. The van der Waals surface area contributed by atoms with E-state index in [0.29, 0.717) is 22.3 Å². The number of methoxy groups -OCH3 is 1. The molecule has 0 spiro atoms. The van der Waals surface area contributed by atoms with Gasteiger partial charge in [-0.05, 0) is 24.6 Å². The molecule has 7 heteroatoms. The van der Waals surface area contributed by atoms with Crippen LogP contribution in [0.4, 0.5) is 5.13 Å². The molecular weight excluding hydrogens is 298 g/mol. The molecule has 1 aromatic carbocycles. The van der Waals surface area contributed by atoms with E-state index in [2.05, 4.69) is 15.5 Å². The Morgan fingerprint density at radius 2 is 2.30 bits per heavy atom. The Bertz CT molecular complexity index is 589. The molecule has 0 saturated heterocycles. The predicted molar refractivity (Wildman–Crippen MR) is 79.9 cm³/mol. The number of carbonyl (C=O) groups excluding carboxylic acids is 1. The summed E-state index contributed by atoms with van der Waals surface area (Å²) in [6, 6.07) is 6.93. The van der Waals surface area contributed by atoms with E-state index in [4.69, 9.17) is 16.3 Å². The molecule has 0 fully saturated rings. The quantitative estimate of drug-likeness (QED) is 0.833. The average molecular weight is 312 g/mol. The van der Waals surface area contributed by atoms with Crippen molar-refractivity contribution in [3.05, 3.63) is 34.8 Å². The number of anilines is 1. The Kier molecular flexibility index (Phi) is 5.31. The first-order chi connectivity index (χ1) is 9.72. The maximum atomic E-state index is 12.1. The third-order valence-corrected chi connectivity index (χ3v) is 3.71. The van der Waals surface area contributed by atoms with Gasteiger partial charge in [0.2, 0.25) is 5.13 Å². The lowest BCUT2D eigenvalue weighted by atomic mass is 10.2. The molecule has 1 heterocycles. The van der Waals surface area contributed by atoms with Crippen molar-refractivity contribution in [2.75, 3.05) is 18.3 Å². The van der Waals surface area contributed by atoms with Gasteiger partial charge in [0.1, 0.15) is 10.8 Å². The van der Waals surface area contributed by atoms with Gasteiger partial charge in [-0.3, -0.25) is 10.1 Å². The fourth-order valence-corrected chi connectivity index (χ4v) is 2.47. The second-order valence-electron chi connectivity index (χ2n) is 3.98. The van der Waals surface area contributed by atoms with Crippen LogP contribution in [0.1, 0.15) is 21.8 Å². The highest BCUT2D eigenvalue weighted by molar-refractivity contribution is 7.15. The summed E-state index contributed by atoms with van der Waals surface area (Å²) >= 11 is 6.99. The number of aromatic nitrogens is 2. The molecule has 0 aliphatic carbocycles. The van der Waals surface area contributed by atoms with E-state index < -0.39 is 0 Å². The monoisotopic (exact) mass is 311 g/mol. The summed E-state index contributed by atoms with van der Waals surface area (Å²) in [5.74, 6) is 0.993. The van der Waals surface area contributed by atoms with Gasteiger partial charge >= 0.3 is 0 Å². The zero-order valence-electron chi connectivity index (χ0n) is 10.9. The molecule has 0 aliphatic rings. The number of amides is 1. The molecule has 1 amide bonds. The molecule has 0 radical (unpaired) electrons. The SMILES string of the molecule is COc1cccc(C(=O)Nc2nnc(CCCCl)s2)c1. The summed E-state index contributed by atoms with van der Waals surface area (Å²) in [6.07, 6.45) is 1.62. The average Bonchev–Trinajstić information content (AvgIpc) is 2.92. The number of carbonyl (C=O) groups is 1. The van der Waals surface area contributed by atoms with E-state index in [1.165, 1.54) is 11.3 Å². The summed E-state index contributed by atoms with van der Waals surface area (Å²) in [4.78, 5) is 12.1. The van der Waals surface area contributed by atoms with Crippen LogP contribution >= 0.6 is 22.9 Å². The highest BCUT2D eigenvalue weighted by atomic mass is 35.5. The molecule has 0 saturated carbocycles. The number of hydrogen-bond acceptors (Lipinski definition) is 5. The first-order valence-corrected chi connectivity index (χ1v) is 7.42. The second-order valence-corrected chi connectivity index (χ2v) is 5.42. The van der Waals surface area contributed by atoms with Gasteiger partial charge in [-0.1, -0.05) is 17.4 Å². The third-order valence-electron chi connectivity index (χ3n) is 2.54. The van der Waals surface area contributed by atoms with E-state index in [-0.39, 0.29) is 5.91 Å². The molecule has 106 valence electrons. The van der Waals surface area contributed by atoms with E-state index in [1.54, 1.807) is 31.4 Å². The van der Waals surface area contributed by atoms with Crippen molar-refractivity contribution in [2.24, 2.45) is 0 Å². The summed E-state index contributed by atoms with van der Waals surface area (Å²) < 4.78 is 5.09. The largest absolute Gasteiger partial charge is 0.497 e. The number of nitrogens with one attached hydrogen (secondary N) is 1. The minimum Gasteiger partial charge on any atom is -0.497 e. The van der Waals surface area contributed by atoms with Gasteiger partial charge in [-0.2, -0.15) is 0 Å². The fraction of sp³-hybridized carbons (Fsp3) is 0.308. The van der Waals surface area contributed by atoms with Gasteiger partial charge in [0.25, 0.3) is 5.91 Å². The maximum Gasteiger partial charge on any atom is 0.257 e. The minimum atomic E-state index is -0.232. The van der Waals surface area contributed by atoms with Crippen LogP contribution in [0.2, 0.25) is 0 Å². The zero-order chi connectivity index (χ0) is 14.4. The highest BCUT2D eigenvalue weighted by Crippen LogP contribution is 2.19. The maximum absolute atomic E-state index is 12.1. The van der Waals surface area contributed by atoms with Crippen molar-refractivity contribution in [3.63, 3.8) is 0 Å². The molecule has 5 nitrogen and oxygen atoms in total. The number of benzene rings is 1. The van der Waals surface area contributed by atoms with Crippen LogP contribution in [-0.2, 0) is 6.42 Å². The lowest BCUT2D eigenvalue weighted by Crippen LogP contribution is -2.11. The molecular formula is C13H14ClN3O2S. The standard InChI is InChI=1S/C13H14ClN3O2S/c1-19-10-5-2-4-9(8-10)12(18)15-13-17-16-11(20-13)6-3-7-14/h2,4-5,8H,3,6-7H2,1H3,(H,15,17,18). The third kappa shape index (κ3) is 3.91. The number of nitrogens with zero attached hydrogens (tertiary/aromatic N) is 2. The van der Waals surface area contributed by atoms with Crippen LogP contribution in [0.25, 0.3) is 0 Å². The van der Waals surface area contributed by atoms with Crippen LogP contribution in [-0.4, -0.2) is 29.1 Å². The van der Waals surface area contributed by atoms with E-state index in [9.17, 15) is 4.79 Å². The van der Waals surface area contributed by atoms with Crippen molar-refractivity contribution in [3.8, 4) is 5.75 Å². The Labute approximate surface area is 125 Å². The lowest BCUT2D eigenvalue weighted by molar-refractivity contribution is 0.102. The Morgan fingerprint density at radius 3 is 3.05 bits per heavy atom. The van der Waals surface area contributed by atoms with Crippen LogP contribution in [0.3, 0.4) is 0 Å². The predicted octanol–water partition coefficient (Wildman–Crippen LogP) is 2.97. The van der Waals surface area contributed by atoms with Crippen molar-refractivity contribution < 1.29 is 9.53 Å². The number of hydrogen-bond donors (Lipinski definition) is 1. The topological polar surface area (TPSA) is 64.1 Å². The summed E-state index contributed by atoms with van der Waals surface area (Å²) in [7, 11) is 1.56. The molecule has 2 rings (SSSR count).